The molecule has 0 aliphatic carbocycles. The summed E-state index contributed by atoms with van der Waals surface area (Å²) in [5.74, 6) is 1.44. The smallest absolute Gasteiger partial charge is 0.344 e. The van der Waals surface area contributed by atoms with Gasteiger partial charge in [-0.1, -0.05) is 12.7 Å². The molecule has 7 nitrogen and oxygen atoms in total. The Morgan fingerprint density at radius 1 is 1.10 bits per heavy atom. The normalized spacial score (nSPS) is 10.4. The van der Waals surface area contributed by atoms with Gasteiger partial charge in [-0.05, 0) is 43.3 Å². The van der Waals surface area contributed by atoms with Gasteiger partial charge in [0.15, 0.2) is 6.61 Å². The zero-order valence-corrected chi connectivity index (χ0v) is 16.1. The van der Waals surface area contributed by atoms with E-state index in [0.717, 1.165) is 0 Å². The summed E-state index contributed by atoms with van der Waals surface area (Å²) in [6.07, 6.45) is 1.47. The number of carbonyl (C=O) groups excluding carboxylic acids is 1. The second kappa shape index (κ2) is 8.97. The molecule has 0 unspecified atom stereocenters. The van der Waals surface area contributed by atoms with Gasteiger partial charge >= 0.3 is 5.97 Å². The van der Waals surface area contributed by atoms with Crippen molar-refractivity contribution in [3.8, 4) is 23.0 Å². The third kappa shape index (κ3) is 4.76. The average molecular weight is 396 g/mol. The highest BCUT2D eigenvalue weighted by molar-refractivity contribution is 5.80. The van der Waals surface area contributed by atoms with Crippen LogP contribution in [0.1, 0.15) is 5.76 Å². The molecule has 0 aliphatic rings. The first kappa shape index (κ1) is 20.0. The molecule has 0 atom stereocenters. The zero-order valence-electron chi connectivity index (χ0n) is 16.1. The number of methoxy groups -OCH3 is 1. The summed E-state index contributed by atoms with van der Waals surface area (Å²) in [4.78, 5) is 24.4. The number of esters is 1. The van der Waals surface area contributed by atoms with Crippen molar-refractivity contribution in [2.45, 2.75) is 6.92 Å². The Balaban J connectivity index is 1.82. The number of benzene rings is 2. The molecular formula is C22H20O7. The lowest BCUT2D eigenvalue weighted by atomic mass is 10.2. The van der Waals surface area contributed by atoms with E-state index >= 15 is 0 Å². The molecule has 0 fully saturated rings. The van der Waals surface area contributed by atoms with E-state index in [2.05, 4.69) is 6.58 Å². The van der Waals surface area contributed by atoms with Crippen LogP contribution in [0.3, 0.4) is 0 Å². The van der Waals surface area contributed by atoms with Crippen LogP contribution in [0.4, 0.5) is 0 Å². The fourth-order valence-electron chi connectivity index (χ4n) is 2.57. The lowest BCUT2D eigenvalue weighted by Gasteiger charge is -2.10. The Kier molecular flexibility index (Phi) is 6.19. The first-order valence-electron chi connectivity index (χ1n) is 8.80. The van der Waals surface area contributed by atoms with Crippen LogP contribution in [0.15, 0.2) is 64.3 Å². The van der Waals surface area contributed by atoms with Crippen molar-refractivity contribution in [1.29, 1.82) is 0 Å². The van der Waals surface area contributed by atoms with E-state index in [4.69, 9.17) is 23.4 Å². The summed E-state index contributed by atoms with van der Waals surface area (Å²) in [6.45, 7) is 4.96. The predicted molar refractivity (Wildman–Crippen MR) is 107 cm³/mol. The molecular weight excluding hydrogens is 376 g/mol. The number of carbonyl (C=O) groups is 1. The van der Waals surface area contributed by atoms with Gasteiger partial charge in [-0.25, -0.2) is 4.79 Å². The Bertz CT molecular complexity index is 1080. The van der Waals surface area contributed by atoms with Gasteiger partial charge in [-0.2, -0.15) is 0 Å². The summed E-state index contributed by atoms with van der Waals surface area (Å²) in [5.41, 5.74) is 0.0167. The van der Waals surface area contributed by atoms with E-state index in [0.29, 0.717) is 34.0 Å². The molecule has 3 rings (SSSR count). The standard InChI is InChI=1S/C22H20O7/c1-4-11-26-20(23)13-27-17-9-10-18-19(12-17)28-14(2)22(21(18)24)29-16-7-5-15(25-3)6-8-16/h4-10,12H,1,11,13H2,2-3H3. The molecule has 0 aliphatic heterocycles. The minimum atomic E-state index is -0.522. The molecule has 150 valence electrons. The Morgan fingerprint density at radius 2 is 1.79 bits per heavy atom. The first-order chi connectivity index (χ1) is 14.0. The van der Waals surface area contributed by atoms with Crippen molar-refractivity contribution in [3.05, 3.63) is 71.1 Å². The fraction of sp³-hybridized carbons (Fsp3) is 0.182. The molecule has 29 heavy (non-hydrogen) atoms. The second-order valence-electron chi connectivity index (χ2n) is 6.01. The van der Waals surface area contributed by atoms with Crippen LogP contribution in [0, 0.1) is 6.92 Å². The monoisotopic (exact) mass is 396 g/mol. The van der Waals surface area contributed by atoms with Crippen molar-refractivity contribution in [2.75, 3.05) is 20.3 Å². The summed E-state index contributed by atoms with van der Waals surface area (Å²) in [5, 5.41) is 0.334. The number of rotatable bonds is 8. The number of hydrogen-bond donors (Lipinski definition) is 0. The van der Waals surface area contributed by atoms with Crippen LogP contribution in [0.5, 0.6) is 23.0 Å². The fourth-order valence-corrected chi connectivity index (χ4v) is 2.57. The van der Waals surface area contributed by atoms with Gasteiger partial charge in [0.2, 0.25) is 11.2 Å². The molecule has 1 aromatic heterocycles. The summed E-state index contributed by atoms with van der Waals surface area (Å²) < 4.78 is 26.8. The third-order valence-corrected chi connectivity index (χ3v) is 3.98. The summed E-state index contributed by atoms with van der Waals surface area (Å²) in [6, 6.07) is 11.5. The highest BCUT2D eigenvalue weighted by Gasteiger charge is 2.15. The predicted octanol–water partition coefficient (Wildman–Crippen LogP) is 4.01. The van der Waals surface area contributed by atoms with E-state index in [9.17, 15) is 9.59 Å². The van der Waals surface area contributed by atoms with Crippen molar-refractivity contribution in [3.63, 3.8) is 0 Å². The number of ether oxygens (including phenoxy) is 4. The number of aryl methyl sites for hydroxylation is 1. The number of fused-ring (bicyclic) bond motifs is 1. The SMILES string of the molecule is C=CCOC(=O)COc1ccc2c(=O)c(Oc3ccc(OC)cc3)c(C)oc2c1. The molecule has 0 radical (unpaired) electrons. The molecule has 0 bridgehead atoms. The van der Waals surface area contributed by atoms with Crippen molar-refractivity contribution >= 4 is 16.9 Å². The van der Waals surface area contributed by atoms with Crippen molar-refractivity contribution < 1.29 is 28.2 Å². The largest absolute Gasteiger partial charge is 0.497 e. The average Bonchev–Trinajstić information content (AvgIpc) is 2.74. The summed E-state index contributed by atoms with van der Waals surface area (Å²) in [7, 11) is 1.57. The Labute approximate surface area is 167 Å². The van der Waals surface area contributed by atoms with Gasteiger partial charge in [0, 0.05) is 6.07 Å². The maximum Gasteiger partial charge on any atom is 0.344 e. The molecule has 7 heteroatoms. The molecule has 0 amide bonds. The lowest BCUT2D eigenvalue weighted by Crippen LogP contribution is -2.15. The quantitative estimate of drug-likeness (QED) is 0.420. The lowest BCUT2D eigenvalue weighted by molar-refractivity contribution is -0.144. The molecule has 3 aromatic rings. The van der Waals surface area contributed by atoms with Crippen LogP contribution in [-0.4, -0.2) is 26.3 Å². The first-order valence-corrected chi connectivity index (χ1v) is 8.80. The number of hydrogen-bond acceptors (Lipinski definition) is 7. The van der Waals surface area contributed by atoms with Crippen molar-refractivity contribution in [1.82, 2.24) is 0 Å². The minimum Gasteiger partial charge on any atom is -0.497 e. The van der Waals surface area contributed by atoms with Crippen LogP contribution < -0.4 is 19.6 Å². The Hall–Kier alpha value is -3.74. The highest BCUT2D eigenvalue weighted by Crippen LogP contribution is 2.28. The minimum absolute atomic E-state index is 0.101. The maximum absolute atomic E-state index is 12.8. The highest BCUT2D eigenvalue weighted by atomic mass is 16.6. The van der Waals surface area contributed by atoms with Gasteiger partial charge in [-0.15, -0.1) is 0 Å². The zero-order chi connectivity index (χ0) is 20.8. The van der Waals surface area contributed by atoms with E-state index in [1.54, 1.807) is 56.5 Å². The molecule has 1 heterocycles. The van der Waals surface area contributed by atoms with Gasteiger partial charge in [0.25, 0.3) is 0 Å². The molecule has 0 N–H and O–H groups in total. The van der Waals surface area contributed by atoms with E-state index in [-0.39, 0.29) is 24.4 Å². The van der Waals surface area contributed by atoms with E-state index < -0.39 is 5.97 Å². The molecule has 0 saturated carbocycles. The van der Waals surface area contributed by atoms with Crippen molar-refractivity contribution in [2.24, 2.45) is 0 Å². The molecule has 2 aromatic carbocycles. The second-order valence-corrected chi connectivity index (χ2v) is 6.01. The van der Waals surface area contributed by atoms with Gasteiger partial charge in [-0.3, -0.25) is 4.79 Å². The van der Waals surface area contributed by atoms with E-state index in [1.807, 2.05) is 0 Å². The van der Waals surface area contributed by atoms with Gasteiger partial charge in [0.05, 0.1) is 12.5 Å². The van der Waals surface area contributed by atoms with Crippen LogP contribution in [0.2, 0.25) is 0 Å². The third-order valence-electron chi connectivity index (χ3n) is 3.98. The van der Waals surface area contributed by atoms with Gasteiger partial charge < -0.3 is 23.4 Å². The molecule has 0 saturated heterocycles. The molecule has 0 spiro atoms. The van der Waals surface area contributed by atoms with Crippen LogP contribution in [0.25, 0.3) is 11.0 Å². The maximum atomic E-state index is 12.8. The van der Waals surface area contributed by atoms with Crippen LogP contribution >= 0.6 is 0 Å². The van der Waals surface area contributed by atoms with Gasteiger partial charge in [0.1, 0.15) is 35.2 Å². The summed E-state index contributed by atoms with van der Waals surface area (Å²) >= 11 is 0. The Morgan fingerprint density at radius 3 is 2.48 bits per heavy atom. The van der Waals surface area contributed by atoms with E-state index in [1.165, 1.54) is 6.08 Å². The topological polar surface area (TPSA) is 84.2 Å². The van der Waals surface area contributed by atoms with Crippen LogP contribution in [-0.2, 0) is 9.53 Å².